The van der Waals surface area contributed by atoms with E-state index in [0.717, 1.165) is 5.56 Å². The second kappa shape index (κ2) is 4.76. The molecule has 1 atom stereocenters. The third-order valence-corrected chi connectivity index (χ3v) is 3.38. The Morgan fingerprint density at radius 1 is 1.24 bits per heavy atom. The van der Waals surface area contributed by atoms with Gasteiger partial charge in [0.2, 0.25) is 0 Å². The van der Waals surface area contributed by atoms with Crippen LogP contribution in [0.25, 0.3) is 0 Å². The summed E-state index contributed by atoms with van der Waals surface area (Å²) in [5.74, 6) is -0.456. The molecule has 96 valence electrons. The van der Waals surface area contributed by atoms with Crippen LogP contribution in [0.15, 0.2) is 24.3 Å². The highest BCUT2D eigenvalue weighted by Gasteiger charge is 2.17. The van der Waals surface area contributed by atoms with E-state index in [2.05, 4.69) is 20.8 Å². The van der Waals surface area contributed by atoms with Crippen molar-refractivity contribution in [3.05, 3.63) is 35.4 Å². The van der Waals surface area contributed by atoms with Gasteiger partial charge < -0.3 is 5.73 Å². The van der Waals surface area contributed by atoms with E-state index in [9.17, 15) is 8.42 Å². The van der Waals surface area contributed by atoms with Gasteiger partial charge >= 0.3 is 0 Å². The van der Waals surface area contributed by atoms with Crippen LogP contribution in [0.4, 0.5) is 0 Å². The van der Waals surface area contributed by atoms with Crippen LogP contribution in [0.2, 0.25) is 0 Å². The minimum Gasteiger partial charge on any atom is -0.323 e. The maximum atomic E-state index is 10.7. The standard InChI is InChI=1S/C12H19NO3S/c1-12(2,3)10-6-4-9(5-7-10)11(13)8-17(14,15)16/h4-7,11H,8,13H2,1-3H3,(H,14,15,16). The Morgan fingerprint density at radius 3 is 2.06 bits per heavy atom. The lowest BCUT2D eigenvalue weighted by molar-refractivity contribution is 0.477. The van der Waals surface area contributed by atoms with Crippen LogP contribution in [0, 0.1) is 0 Å². The van der Waals surface area contributed by atoms with Gasteiger partial charge in [0, 0.05) is 6.04 Å². The number of benzene rings is 1. The fraction of sp³-hybridized carbons (Fsp3) is 0.500. The summed E-state index contributed by atoms with van der Waals surface area (Å²) >= 11 is 0. The van der Waals surface area contributed by atoms with Crippen molar-refractivity contribution < 1.29 is 13.0 Å². The molecule has 1 rings (SSSR count). The van der Waals surface area contributed by atoms with Crippen LogP contribution in [0.1, 0.15) is 37.9 Å². The second-order valence-electron chi connectivity index (χ2n) is 5.23. The molecule has 0 amide bonds. The number of hydrogen-bond acceptors (Lipinski definition) is 3. The molecule has 0 aliphatic carbocycles. The molecule has 1 aromatic rings. The Balaban J connectivity index is 2.88. The molecule has 0 saturated carbocycles. The Bertz CT molecular complexity index is 471. The van der Waals surface area contributed by atoms with Crippen molar-refractivity contribution >= 4 is 10.1 Å². The van der Waals surface area contributed by atoms with Crippen molar-refractivity contribution in [3.63, 3.8) is 0 Å². The smallest absolute Gasteiger partial charge is 0.266 e. The lowest BCUT2D eigenvalue weighted by atomic mass is 9.86. The Kier molecular flexibility index (Phi) is 3.96. The highest BCUT2D eigenvalue weighted by Crippen LogP contribution is 2.23. The molecule has 0 aromatic heterocycles. The van der Waals surface area contributed by atoms with Crippen molar-refractivity contribution in [2.24, 2.45) is 5.73 Å². The zero-order chi connectivity index (χ0) is 13.3. The third kappa shape index (κ3) is 4.46. The molecule has 5 heteroatoms. The van der Waals surface area contributed by atoms with E-state index in [1.807, 2.05) is 12.1 Å². The van der Waals surface area contributed by atoms with Crippen LogP contribution in [-0.2, 0) is 15.5 Å². The fourth-order valence-corrected chi connectivity index (χ4v) is 2.20. The van der Waals surface area contributed by atoms with E-state index in [1.54, 1.807) is 12.1 Å². The topological polar surface area (TPSA) is 80.4 Å². The van der Waals surface area contributed by atoms with Gasteiger partial charge in [-0.15, -0.1) is 0 Å². The van der Waals surface area contributed by atoms with Crippen LogP contribution in [-0.4, -0.2) is 18.7 Å². The lowest BCUT2D eigenvalue weighted by Crippen LogP contribution is -2.21. The van der Waals surface area contributed by atoms with E-state index in [-0.39, 0.29) is 5.41 Å². The van der Waals surface area contributed by atoms with E-state index in [4.69, 9.17) is 10.3 Å². The summed E-state index contributed by atoms with van der Waals surface area (Å²) in [5.41, 5.74) is 7.61. The van der Waals surface area contributed by atoms with Crippen LogP contribution in [0.3, 0.4) is 0 Å². The molecule has 0 aliphatic rings. The van der Waals surface area contributed by atoms with Gasteiger partial charge in [-0.2, -0.15) is 8.42 Å². The first-order valence-electron chi connectivity index (χ1n) is 5.41. The maximum absolute atomic E-state index is 10.7. The first kappa shape index (κ1) is 14.2. The van der Waals surface area contributed by atoms with Gasteiger partial charge in [-0.3, -0.25) is 4.55 Å². The van der Waals surface area contributed by atoms with Crippen molar-refractivity contribution in [1.29, 1.82) is 0 Å². The van der Waals surface area contributed by atoms with Gasteiger partial charge in [-0.25, -0.2) is 0 Å². The van der Waals surface area contributed by atoms with Gasteiger partial charge in [0.05, 0.1) is 5.75 Å². The van der Waals surface area contributed by atoms with Crippen LogP contribution >= 0.6 is 0 Å². The van der Waals surface area contributed by atoms with E-state index < -0.39 is 21.9 Å². The van der Waals surface area contributed by atoms with E-state index in [1.165, 1.54) is 0 Å². The van der Waals surface area contributed by atoms with Crippen LogP contribution in [0.5, 0.6) is 0 Å². The van der Waals surface area contributed by atoms with Crippen LogP contribution < -0.4 is 5.73 Å². The summed E-state index contributed by atoms with van der Waals surface area (Å²) in [6.07, 6.45) is 0. The van der Waals surface area contributed by atoms with Crippen molar-refractivity contribution in [3.8, 4) is 0 Å². The van der Waals surface area contributed by atoms with Gasteiger partial charge in [0.1, 0.15) is 0 Å². The number of hydrogen-bond donors (Lipinski definition) is 2. The molecule has 0 spiro atoms. The average Bonchev–Trinajstić information content (AvgIpc) is 2.14. The molecule has 0 aliphatic heterocycles. The SMILES string of the molecule is CC(C)(C)c1ccc(C(N)CS(=O)(=O)O)cc1. The summed E-state index contributed by atoms with van der Waals surface area (Å²) in [6.45, 7) is 6.29. The first-order chi connectivity index (χ1) is 7.59. The summed E-state index contributed by atoms with van der Waals surface area (Å²) in [5, 5.41) is 0. The predicted molar refractivity (Wildman–Crippen MR) is 68.5 cm³/mol. The maximum Gasteiger partial charge on any atom is 0.266 e. The molecule has 0 bridgehead atoms. The van der Waals surface area contributed by atoms with E-state index in [0.29, 0.717) is 5.56 Å². The summed E-state index contributed by atoms with van der Waals surface area (Å²) in [4.78, 5) is 0. The molecule has 0 fully saturated rings. The van der Waals surface area contributed by atoms with Gasteiger partial charge in [0.15, 0.2) is 0 Å². The molecule has 4 nitrogen and oxygen atoms in total. The Morgan fingerprint density at radius 2 is 1.71 bits per heavy atom. The third-order valence-electron chi connectivity index (χ3n) is 2.60. The number of rotatable bonds is 3. The highest BCUT2D eigenvalue weighted by atomic mass is 32.2. The molecular formula is C12H19NO3S. The summed E-state index contributed by atoms with van der Waals surface area (Å²) in [7, 11) is -4.04. The van der Waals surface area contributed by atoms with Crippen molar-refractivity contribution in [1.82, 2.24) is 0 Å². The zero-order valence-electron chi connectivity index (χ0n) is 10.3. The molecule has 17 heavy (non-hydrogen) atoms. The largest absolute Gasteiger partial charge is 0.323 e. The van der Waals surface area contributed by atoms with E-state index >= 15 is 0 Å². The van der Waals surface area contributed by atoms with Crippen molar-refractivity contribution in [2.45, 2.75) is 32.2 Å². The fourth-order valence-electron chi connectivity index (χ4n) is 1.55. The monoisotopic (exact) mass is 257 g/mol. The van der Waals surface area contributed by atoms with Gasteiger partial charge in [-0.05, 0) is 16.5 Å². The van der Waals surface area contributed by atoms with Gasteiger partial charge in [0.25, 0.3) is 10.1 Å². The minimum atomic E-state index is -4.04. The summed E-state index contributed by atoms with van der Waals surface area (Å²) < 4.78 is 30.2. The second-order valence-corrected chi connectivity index (χ2v) is 6.72. The average molecular weight is 257 g/mol. The first-order valence-corrected chi connectivity index (χ1v) is 7.02. The molecule has 3 N–H and O–H groups in total. The molecule has 1 unspecified atom stereocenters. The minimum absolute atomic E-state index is 0.0473. The highest BCUT2D eigenvalue weighted by molar-refractivity contribution is 7.85. The van der Waals surface area contributed by atoms with Crippen molar-refractivity contribution in [2.75, 3.05) is 5.75 Å². The Hall–Kier alpha value is -0.910. The predicted octanol–water partition coefficient (Wildman–Crippen LogP) is 1.87. The van der Waals surface area contributed by atoms with Gasteiger partial charge in [-0.1, -0.05) is 45.0 Å². The Labute approximate surface area is 103 Å². The molecule has 0 radical (unpaired) electrons. The summed E-state index contributed by atoms with van der Waals surface area (Å²) in [6, 6.07) is 6.77. The molecular weight excluding hydrogens is 238 g/mol. The quantitative estimate of drug-likeness (QED) is 0.810. The zero-order valence-corrected chi connectivity index (χ0v) is 11.2. The molecule has 0 heterocycles. The molecule has 0 saturated heterocycles. The normalized spacial score (nSPS) is 14.6. The lowest BCUT2D eigenvalue weighted by Gasteiger charge is -2.20. The molecule has 1 aromatic carbocycles. The number of nitrogens with two attached hydrogens (primary N) is 1.